The van der Waals surface area contributed by atoms with E-state index >= 15 is 0 Å². The lowest BCUT2D eigenvalue weighted by Gasteiger charge is -2.25. The molecule has 1 atom stereocenters. The van der Waals surface area contributed by atoms with Gasteiger partial charge < -0.3 is 10.1 Å². The summed E-state index contributed by atoms with van der Waals surface area (Å²) in [6.45, 7) is 0. The predicted molar refractivity (Wildman–Crippen MR) is 69.6 cm³/mol. The van der Waals surface area contributed by atoms with Crippen molar-refractivity contribution in [2.24, 2.45) is 5.41 Å². The summed E-state index contributed by atoms with van der Waals surface area (Å²) >= 11 is 3.41. The fourth-order valence-corrected chi connectivity index (χ4v) is 2.63. The van der Waals surface area contributed by atoms with E-state index in [1.165, 1.54) is 7.11 Å². The maximum atomic E-state index is 11.9. The zero-order valence-corrected chi connectivity index (χ0v) is 11.6. The monoisotopic (exact) mass is 297 g/mol. The van der Waals surface area contributed by atoms with Gasteiger partial charge in [0.05, 0.1) is 12.5 Å². The number of carbonyl (C=O) groups excluding carboxylic acids is 1. The number of esters is 1. The van der Waals surface area contributed by atoms with Crippen molar-refractivity contribution in [2.75, 3.05) is 14.2 Å². The number of nitrogens with one attached hydrogen (secondary N) is 1. The molecule has 0 heterocycles. The summed E-state index contributed by atoms with van der Waals surface area (Å²) in [7, 11) is 3.34. The number of hydrogen-bond donors (Lipinski definition) is 1. The highest BCUT2D eigenvalue weighted by atomic mass is 79.9. The van der Waals surface area contributed by atoms with Gasteiger partial charge in [-0.3, -0.25) is 4.79 Å². The Balaban J connectivity index is 2.28. The minimum atomic E-state index is -0.364. The van der Waals surface area contributed by atoms with E-state index in [1.807, 2.05) is 31.3 Å². The van der Waals surface area contributed by atoms with Gasteiger partial charge >= 0.3 is 5.97 Å². The second kappa shape index (κ2) is 4.78. The zero-order chi connectivity index (χ0) is 12.5. The van der Waals surface area contributed by atoms with E-state index in [9.17, 15) is 4.79 Å². The second-order valence-electron chi connectivity index (χ2n) is 4.42. The Kier molecular flexibility index (Phi) is 3.54. The second-order valence-corrected chi connectivity index (χ2v) is 5.34. The Labute approximate surface area is 110 Å². The summed E-state index contributed by atoms with van der Waals surface area (Å²) in [6, 6.07) is 8.09. The molecule has 2 rings (SSSR count). The van der Waals surface area contributed by atoms with Gasteiger partial charge in [-0.25, -0.2) is 0 Å². The first-order chi connectivity index (χ1) is 8.14. The Morgan fingerprint density at radius 3 is 2.41 bits per heavy atom. The van der Waals surface area contributed by atoms with E-state index < -0.39 is 0 Å². The van der Waals surface area contributed by atoms with Crippen molar-refractivity contribution >= 4 is 21.9 Å². The van der Waals surface area contributed by atoms with E-state index in [1.54, 1.807) is 0 Å². The van der Waals surface area contributed by atoms with Gasteiger partial charge in [0.2, 0.25) is 0 Å². The van der Waals surface area contributed by atoms with Crippen molar-refractivity contribution in [1.82, 2.24) is 5.32 Å². The largest absolute Gasteiger partial charge is 0.469 e. The van der Waals surface area contributed by atoms with Crippen LogP contribution in [0.4, 0.5) is 0 Å². The van der Waals surface area contributed by atoms with Gasteiger partial charge in [0, 0.05) is 10.5 Å². The molecule has 1 fully saturated rings. The first-order valence-corrected chi connectivity index (χ1v) is 6.44. The molecule has 4 heteroatoms. The Morgan fingerprint density at radius 1 is 1.41 bits per heavy atom. The molecule has 0 saturated heterocycles. The van der Waals surface area contributed by atoms with Crippen LogP contribution in [0.15, 0.2) is 28.7 Å². The maximum Gasteiger partial charge on any atom is 0.313 e. The molecule has 0 bridgehead atoms. The zero-order valence-electron chi connectivity index (χ0n) is 10.00. The third kappa shape index (κ3) is 2.24. The molecule has 1 saturated carbocycles. The van der Waals surface area contributed by atoms with Crippen LogP contribution in [0.5, 0.6) is 0 Å². The number of methoxy groups -OCH3 is 1. The molecule has 92 valence electrons. The third-order valence-electron chi connectivity index (χ3n) is 3.43. The number of halogens is 1. The highest BCUT2D eigenvalue weighted by molar-refractivity contribution is 9.10. The molecule has 0 radical (unpaired) electrons. The van der Waals surface area contributed by atoms with Crippen LogP contribution < -0.4 is 5.32 Å². The van der Waals surface area contributed by atoms with E-state index in [-0.39, 0.29) is 17.4 Å². The minimum Gasteiger partial charge on any atom is -0.469 e. The normalized spacial score (nSPS) is 18.5. The SMILES string of the molecule is CNC(c1ccc(Br)cc1)C1(C(=O)OC)CC1. The van der Waals surface area contributed by atoms with Gasteiger partial charge in [-0.2, -0.15) is 0 Å². The van der Waals surface area contributed by atoms with Crippen LogP contribution in [0.1, 0.15) is 24.4 Å². The molecule has 1 aromatic carbocycles. The fraction of sp³-hybridized carbons (Fsp3) is 0.462. The van der Waals surface area contributed by atoms with Crippen LogP contribution in [0.2, 0.25) is 0 Å². The number of benzene rings is 1. The molecule has 1 aromatic rings. The average Bonchev–Trinajstić information content (AvgIpc) is 3.13. The van der Waals surface area contributed by atoms with Crippen molar-refractivity contribution in [3.05, 3.63) is 34.3 Å². The first-order valence-electron chi connectivity index (χ1n) is 5.65. The number of rotatable bonds is 4. The average molecular weight is 298 g/mol. The molecule has 3 nitrogen and oxygen atoms in total. The third-order valence-corrected chi connectivity index (χ3v) is 3.95. The van der Waals surface area contributed by atoms with Crippen LogP contribution in [0, 0.1) is 5.41 Å². The molecule has 1 N–H and O–H groups in total. The molecule has 0 aromatic heterocycles. The Bertz CT molecular complexity index is 412. The van der Waals surface area contributed by atoms with Gasteiger partial charge in [0.1, 0.15) is 0 Å². The van der Waals surface area contributed by atoms with Crippen LogP contribution in [0.3, 0.4) is 0 Å². The van der Waals surface area contributed by atoms with Crippen LogP contribution in [-0.4, -0.2) is 20.1 Å². The molecule has 1 aliphatic rings. The number of ether oxygens (including phenoxy) is 1. The van der Waals surface area contributed by atoms with Crippen LogP contribution >= 0.6 is 15.9 Å². The van der Waals surface area contributed by atoms with Gasteiger partial charge in [-0.15, -0.1) is 0 Å². The summed E-state index contributed by atoms with van der Waals surface area (Å²) in [5.41, 5.74) is 0.760. The lowest BCUT2D eigenvalue weighted by Crippen LogP contribution is -2.33. The van der Waals surface area contributed by atoms with E-state index in [4.69, 9.17) is 4.74 Å². The van der Waals surface area contributed by atoms with Crippen molar-refractivity contribution < 1.29 is 9.53 Å². The Morgan fingerprint density at radius 2 is 2.00 bits per heavy atom. The van der Waals surface area contributed by atoms with Gasteiger partial charge in [-0.1, -0.05) is 28.1 Å². The standard InChI is InChI=1S/C13H16BrNO2/c1-15-11(9-3-5-10(14)6-4-9)13(7-8-13)12(16)17-2/h3-6,11,15H,7-8H2,1-2H3. The molecule has 0 spiro atoms. The molecule has 1 aliphatic carbocycles. The first kappa shape index (κ1) is 12.6. The smallest absolute Gasteiger partial charge is 0.313 e. The molecule has 0 amide bonds. The molecule has 0 aliphatic heterocycles. The maximum absolute atomic E-state index is 11.9. The predicted octanol–water partition coefficient (Wildman–Crippen LogP) is 2.66. The van der Waals surface area contributed by atoms with Crippen molar-refractivity contribution in [3.63, 3.8) is 0 Å². The van der Waals surface area contributed by atoms with Crippen LogP contribution in [0.25, 0.3) is 0 Å². The highest BCUT2D eigenvalue weighted by Crippen LogP contribution is 2.55. The van der Waals surface area contributed by atoms with E-state index in [0.717, 1.165) is 22.9 Å². The fourth-order valence-electron chi connectivity index (χ4n) is 2.37. The summed E-state index contributed by atoms with van der Waals surface area (Å²) in [5.74, 6) is -0.111. The van der Waals surface area contributed by atoms with Gasteiger partial charge in [0.25, 0.3) is 0 Å². The topological polar surface area (TPSA) is 38.3 Å². The highest BCUT2D eigenvalue weighted by Gasteiger charge is 2.56. The molecule has 17 heavy (non-hydrogen) atoms. The lowest BCUT2D eigenvalue weighted by atomic mass is 9.90. The molecule has 1 unspecified atom stereocenters. The number of carbonyl (C=O) groups is 1. The Hall–Kier alpha value is -0.870. The lowest BCUT2D eigenvalue weighted by molar-refractivity contribution is -0.148. The number of hydrogen-bond acceptors (Lipinski definition) is 3. The molecular formula is C13H16BrNO2. The van der Waals surface area contributed by atoms with E-state index in [0.29, 0.717) is 0 Å². The van der Waals surface area contributed by atoms with E-state index in [2.05, 4.69) is 21.2 Å². The summed E-state index contributed by atoms with van der Waals surface area (Å²) in [6.07, 6.45) is 1.78. The van der Waals surface area contributed by atoms with Crippen molar-refractivity contribution in [3.8, 4) is 0 Å². The quantitative estimate of drug-likeness (QED) is 0.869. The molecular weight excluding hydrogens is 282 g/mol. The van der Waals surface area contributed by atoms with Gasteiger partial charge in [0.15, 0.2) is 0 Å². The van der Waals surface area contributed by atoms with Crippen molar-refractivity contribution in [2.45, 2.75) is 18.9 Å². The van der Waals surface area contributed by atoms with Gasteiger partial charge in [-0.05, 0) is 37.6 Å². The summed E-state index contributed by atoms with van der Waals surface area (Å²) in [5, 5.41) is 3.24. The van der Waals surface area contributed by atoms with Crippen LogP contribution in [-0.2, 0) is 9.53 Å². The summed E-state index contributed by atoms with van der Waals surface area (Å²) in [4.78, 5) is 11.9. The summed E-state index contributed by atoms with van der Waals surface area (Å²) < 4.78 is 5.96. The van der Waals surface area contributed by atoms with Crippen molar-refractivity contribution in [1.29, 1.82) is 0 Å². The minimum absolute atomic E-state index is 0.0306.